The minimum absolute atomic E-state index is 0.429. The number of benzene rings is 1. The summed E-state index contributed by atoms with van der Waals surface area (Å²) >= 11 is 3.55. The van der Waals surface area contributed by atoms with Crippen LogP contribution >= 0.6 is 15.9 Å². The zero-order valence-electron chi connectivity index (χ0n) is 16.9. The van der Waals surface area contributed by atoms with Crippen LogP contribution in [-0.2, 0) is 0 Å². The number of rotatable bonds is 10. The van der Waals surface area contributed by atoms with Crippen LogP contribution in [0.25, 0.3) is 11.3 Å². The minimum atomic E-state index is 0.429. The number of nitrogens with zero attached hydrogens (tertiary/aromatic N) is 2. The molecule has 1 aromatic carbocycles. The molecule has 0 radical (unpaired) electrons. The molecule has 0 saturated carbocycles. The Balaban J connectivity index is 2.30. The zero-order chi connectivity index (χ0) is 19.8. The Kier molecular flexibility index (Phi) is 8.35. The van der Waals surface area contributed by atoms with Gasteiger partial charge in [-0.2, -0.15) is 0 Å². The lowest BCUT2D eigenvalue weighted by Crippen LogP contribution is -2.06. The molecule has 6 heteroatoms. The first-order valence-corrected chi connectivity index (χ1v) is 10.4. The van der Waals surface area contributed by atoms with Crippen LogP contribution in [0.2, 0.25) is 0 Å². The summed E-state index contributed by atoms with van der Waals surface area (Å²) < 4.78 is 12.1. The maximum Gasteiger partial charge on any atom is 0.258 e. The van der Waals surface area contributed by atoms with Gasteiger partial charge >= 0.3 is 0 Å². The number of nitrogens with one attached hydrogen (secondary N) is 1. The van der Waals surface area contributed by atoms with Gasteiger partial charge in [-0.1, -0.05) is 46.1 Å². The Labute approximate surface area is 171 Å². The highest BCUT2D eigenvalue weighted by atomic mass is 79.9. The lowest BCUT2D eigenvalue weighted by molar-refractivity contribution is 0.294. The summed E-state index contributed by atoms with van der Waals surface area (Å²) in [6.45, 7) is 7.16. The topological polar surface area (TPSA) is 56.3 Å². The average Bonchev–Trinajstić information content (AvgIpc) is 2.67. The monoisotopic (exact) mass is 435 g/mol. The fraction of sp³-hybridized carbons (Fsp3) is 0.524. The van der Waals surface area contributed by atoms with E-state index in [-0.39, 0.29) is 0 Å². The van der Waals surface area contributed by atoms with E-state index in [0.717, 1.165) is 29.8 Å². The van der Waals surface area contributed by atoms with E-state index in [2.05, 4.69) is 59.1 Å². The first-order chi connectivity index (χ1) is 13.0. The van der Waals surface area contributed by atoms with Crippen molar-refractivity contribution < 1.29 is 9.47 Å². The van der Waals surface area contributed by atoms with Crippen LogP contribution in [0.1, 0.15) is 57.9 Å². The van der Waals surface area contributed by atoms with Gasteiger partial charge in [0, 0.05) is 12.6 Å². The van der Waals surface area contributed by atoms with Gasteiger partial charge in [0.2, 0.25) is 0 Å². The van der Waals surface area contributed by atoms with Gasteiger partial charge < -0.3 is 14.8 Å². The van der Waals surface area contributed by atoms with Crippen molar-refractivity contribution in [1.29, 1.82) is 0 Å². The molecule has 0 aliphatic carbocycles. The Hall–Kier alpha value is -1.82. The van der Waals surface area contributed by atoms with E-state index in [4.69, 9.17) is 14.5 Å². The standard InChI is InChI=1S/C21H30BrN3O2/c1-6-7-8-9-12-27-21-20(23-4)24-18(19(22)25-21)16-11-10-15(14(2)3)13-17(16)26-5/h10-11,13-14H,6-9,12H2,1-5H3,(H,23,24). The molecule has 148 valence electrons. The molecular formula is C21H30BrN3O2. The summed E-state index contributed by atoms with van der Waals surface area (Å²) in [5.41, 5.74) is 2.85. The number of hydrogen-bond donors (Lipinski definition) is 1. The fourth-order valence-corrected chi connectivity index (χ4v) is 3.26. The van der Waals surface area contributed by atoms with E-state index in [1.165, 1.54) is 18.4 Å². The van der Waals surface area contributed by atoms with Crippen molar-refractivity contribution in [2.45, 2.75) is 52.4 Å². The van der Waals surface area contributed by atoms with E-state index >= 15 is 0 Å². The molecule has 27 heavy (non-hydrogen) atoms. The fourth-order valence-electron chi connectivity index (χ4n) is 2.80. The minimum Gasteiger partial charge on any atom is -0.496 e. The Morgan fingerprint density at radius 3 is 2.56 bits per heavy atom. The molecule has 5 nitrogen and oxygen atoms in total. The van der Waals surface area contributed by atoms with Gasteiger partial charge in [0.1, 0.15) is 16.0 Å². The van der Waals surface area contributed by atoms with Crippen LogP contribution in [-0.4, -0.2) is 30.7 Å². The molecule has 0 atom stereocenters. The smallest absolute Gasteiger partial charge is 0.258 e. The Morgan fingerprint density at radius 1 is 1.15 bits per heavy atom. The number of hydrogen-bond acceptors (Lipinski definition) is 5. The summed E-state index contributed by atoms with van der Waals surface area (Å²) in [7, 11) is 3.50. The molecule has 0 aliphatic rings. The Morgan fingerprint density at radius 2 is 1.93 bits per heavy atom. The lowest BCUT2D eigenvalue weighted by Gasteiger charge is -2.15. The molecule has 1 aromatic heterocycles. The van der Waals surface area contributed by atoms with E-state index in [9.17, 15) is 0 Å². The van der Waals surface area contributed by atoms with E-state index < -0.39 is 0 Å². The molecular weight excluding hydrogens is 406 g/mol. The second kappa shape index (κ2) is 10.5. The van der Waals surface area contributed by atoms with E-state index in [0.29, 0.717) is 28.8 Å². The molecule has 0 amide bonds. The van der Waals surface area contributed by atoms with Crippen LogP contribution < -0.4 is 14.8 Å². The zero-order valence-corrected chi connectivity index (χ0v) is 18.5. The van der Waals surface area contributed by atoms with Crippen molar-refractivity contribution in [3.8, 4) is 22.9 Å². The van der Waals surface area contributed by atoms with Gasteiger partial charge in [-0.15, -0.1) is 0 Å². The van der Waals surface area contributed by atoms with Gasteiger partial charge in [0.25, 0.3) is 5.88 Å². The molecule has 1 N–H and O–H groups in total. The van der Waals surface area contributed by atoms with Gasteiger partial charge in [-0.25, -0.2) is 9.97 Å². The predicted molar refractivity (Wildman–Crippen MR) is 115 cm³/mol. The number of methoxy groups -OCH3 is 1. The highest BCUT2D eigenvalue weighted by Gasteiger charge is 2.18. The molecule has 0 unspecified atom stereocenters. The predicted octanol–water partition coefficient (Wildman–Crippen LogP) is 6.04. The average molecular weight is 436 g/mol. The second-order valence-electron chi connectivity index (χ2n) is 6.79. The number of anilines is 1. The summed E-state index contributed by atoms with van der Waals surface area (Å²) in [4.78, 5) is 9.32. The first-order valence-electron chi connectivity index (χ1n) is 9.58. The third-order valence-electron chi connectivity index (χ3n) is 4.44. The van der Waals surface area contributed by atoms with Gasteiger partial charge in [-0.05, 0) is 46.0 Å². The van der Waals surface area contributed by atoms with Crippen LogP contribution in [0.3, 0.4) is 0 Å². The van der Waals surface area contributed by atoms with Crippen LogP contribution in [0, 0.1) is 0 Å². The molecule has 1 heterocycles. The third-order valence-corrected chi connectivity index (χ3v) is 5.00. The lowest BCUT2D eigenvalue weighted by atomic mass is 10.00. The van der Waals surface area contributed by atoms with E-state index in [1.54, 1.807) is 7.11 Å². The van der Waals surface area contributed by atoms with Crippen molar-refractivity contribution in [1.82, 2.24) is 9.97 Å². The van der Waals surface area contributed by atoms with Crippen molar-refractivity contribution in [3.05, 3.63) is 28.4 Å². The molecule has 0 aliphatic heterocycles. The summed E-state index contributed by atoms with van der Waals surface area (Å²) in [6, 6.07) is 6.20. The molecule has 2 aromatic rings. The van der Waals surface area contributed by atoms with Crippen molar-refractivity contribution in [2.75, 3.05) is 26.1 Å². The third kappa shape index (κ3) is 5.58. The van der Waals surface area contributed by atoms with Gasteiger partial charge in [0.15, 0.2) is 5.82 Å². The maximum atomic E-state index is 5.86. The van der Waals surface area contributed by atoms with Crippen molar-refractivity contribution in [3.63, 3.8) is 0 Å². The molecule has 0 spiro atoms. The summed E-state index contributed by atoms with van der Waals surface area (Å²) in [6.07, 6.45) is 4.61. The number of ether oxygens (including phenoxy) is 2. The highest BCUT2D eigenvalue weighted by molar-refractivity contribution is 9.10. The van der Waals surface area contributed by atoms with Crippen LogP contribution in [0.5, 0.6) is 11.6 Å². The number of aromatic nitrogens is 2. The van der Waals surface area contributed by atoms with Crippen molar-refractivity contribution in [2.24, 2.45) is 0 Å². The highest BCUT2D eigenvalue weighted by Crippen LogP contribution is 2.37. The molecule has 2 rings (SSSR count). The van der Waals surface area contributed by atoms with Gasteiger partial charge in [-0.3, -0.25) is 0 Å². The second-order valence-corrected chi connectivity index (χ2v) is 7.54. The first kappa shape index (κ1) is 21.5. The molecule has 0 fully saturated rings. The summed E-state index contributed by atoms with van der Waals surface area (Å²) in [5, 5.41) is 3.09. The normalized spacial score (nSPS) is 10.9. The SMILES string of the molecule is CCCCCCOc1nc(Br)c(-c2ccc(C(C)C)cc2OC)nc1NC. The van der Waals surface area contributed by atoms with E-state index in [1.807, 2.05) is 13.1 Å². The van der Waals surface area contributed by atoms with Crippen molar-refractivity contribution >= 4 is 21.7 Å². The van der Waals surface area contributed by atoms with Gasteiger partial charge in [0.05, 0.1) is 13.7 Å². The number of halogens is 1. The van der Waals surface area contributed by atoms with Crippen LogP contribution in [0.15, 0.2) is 22.8 Å². The largest absolute Gasteiger partial charge is 0.496 e. The quantitative estimate of drug-likeness (QED) is 0.460. The summed E-state index contributed by atoms with van der Waals surface area (Å²) in [5.74, 6) is 2.35. The maximum absolute atomic E-state index is 5.86. The molecule has 0 bridgehead atoms. The molecule has 0 saturated heterocycles. The Bertz CT molecular complexity index is 750. The number of unbranched alkanes of at least 4 members (excludes halogenated alkanes) is 3. The van der Waals surface area contributed by atoms with Crippen LogP contribution in [0.4, 0.5) is 5.82 Å².